The molecule has 0 radical (unpaired) electrons. The van der Waals surface area contributed by atoms with Crippen molar-refractivity contribution in [1.82, 2.24) is 14.9 Å². The Kier molecular flexibility index (Phi) is 6.13. The summed E-state index contributed by atoms with van der Waals surface area (Å²) in [7, 11) is 1.54. The largest absolute Gasteiger partial charge is 0.355 e. The number of nitrogens with one attached hydrogen (secondary N) is 2. The van der Waals surface area contributed by atoms with Gasteiger partial charge in [0.2, 0.25) is 0 Å². The van der Waals surface area contributed by atoms with Gasteiger partial charge in [0.1, 0.15) is 5.69 Å². The molecule has 156 valence electrons. The summed E-state index contributed by atoms with van der Waals surface area (Å²) in [4.78, 5) is 30.2. The molecule has 0 aliphatic heterocycles. The Hall–Kier alpha value is -2.68. The maximum absolute atomic E-state index is 13.3. The van der Waals surface area contributed by atoms with E-state index in [2.05, 4.69) is 47.5 Å². The number of benzene rings is 2. The first-order chi connectivity index (χ1) is 14.9. The van der Waals surface area contributed by atoms with Crippen LogP contribution in [0.15, 0.2) is 69.9 Å². The fourth-order valence-corrected chi connectivity index (χ4v) is 4.56. The Morgan fingerprint density at radius 1 is 1.06 bits per heavy atom. The molecule has 0 aliphatic rings. The molecule has 9 heteroatoms. The quantitative estimate of drug-likeness (QED) is 0.329. The SMILES string of the molecule is CNC(=O)c1cc2ccccc2c(Br)c1NC(=O)c1cc(Br)cn1-c1ncccc1Cl. The molecule has 4 aromatic rings. The molecule has 2 N–H and O–H groups in total. The molecule has 0 fully saturated rings. The molecule has 0 aliphatic carbocycles. The predicted octanol–water partition coefficient (Wildman–Crippen LogP) is 5.82. The van der Waals surface area contributed by atoms with Crippen molar-refractivity contribution in [3.63, 3.8) is 0 Å². The Balaban J connectivity index is 1.82. The van der Waals surface area contributed by atoms with E-state index in [1.165, 1.54) is 0 Å². The number of carbonyl (C=O) groups excluding carboxylic acids is 2. The summed E-state index contributed by atoms with van der Waals surface area (Å²) < 4.78 is 2.89. The first-order valence-electron chi connectivity index (χ1n) is 9.14. The highest BCUT2D eigenvalue weighted by atomic mass is 79.9. The minimum Gasteiger partial charge on any atom is -0.355 e. The highest BCUT2D eigenvalue weighted by Crippen LogP contribution is 2.35. The molecule has 4 rings (SSSR count). The van der Waals surface area contributed by atoms with E-state index in [4.69, 9.17) is 11.6 Å². The first-order valence-corrected chi connectivity index (χ1v) is 11.1. The van der Waals surface area contributed by atoms with Crippen LogP contribution in [0.3, 0.4) is 0 Å². The zero-order valence-electron chi connectivity index (χ0n) is 16.1. The molecule has 2 aromatic heterocycles. The van der Waals surface area contributed by atoms with Crippen LogP contribution in [-0.2, 0) is 0 Å². The zero-order valence-corrected chi connectivity index (χ0v) is 20.0. The fraction of sp³-hybridized carbons (Fsp3) is 0.0455. The minimum absolute atomic E-state index is 0.301. The van der Waals surface area contributed by atoms with Crippen molar-refractivity contribution in [3.05, 3.63) is 86.2 Å². The average Bonchev–Trinajstić information content (AvgIpc) is 3.16. The molecule has 2 aromatic carbocycles. The summed E-state index contributed by atoms with van der Waals surface area (Å²) in [5.41, 5.74) is 1.02. The predicted molar refractivity (Wildman–Crippen MR) is 129 cm³/mol. The Bertz CT molecular complexity index is 1340. The number of pyridine rings is 1. The highest BCUT2D eigenvalue weighted by Gasteiger charge is 2.22. The number of anilines is 1. The highest BCUT2D eigenvalue weighted by molar-refractivity contribution is 9.11. The third-order valence-electron chi connectivity index (χ3n) is 4.68. The molecule has 0 bridgehead atoms. The van der Waals surface area contributed by atoms with Crippen molar-refractivity contribution in [1.29, 1.82) is 0 Å². The van der Waals surface area contributed by atoms with Gasteiger partial charge in [-0.25, -0.2) is 4.98 Å². The lowest BCUT2D eigenvalue weighted by Gasteiger charge is -2.16. The number of rotatable bonds is 4. The van der Waals surface area contributed by atoms with E-state index in [-0.39, 0.29) is 5.91 Å². The second kappa shape index (κ2) is 8.82. The van der Waals surface area contributed by atoms with E-state index in [0.29, 0.717) is 36.7 Å². The number of hydrogen-bond donors (Lipinski definition) is 2. The van der Waals surface area contributed by atoms with E-state index < -0.39 is 5.91 Å². The van der Waals surface area contributed by atoms with Gasteiger partial charge >= 0.3 is 0 Å². The number of nitrogens with zero attached hydrogens (tertiary/aromatic N) is 2. The van der Waals surface area contributed by atoms with Gasteiger partial charge in [0.15, 0.2) is 5.82 Å². The maximum Gasteiger partial charge on any atom is 0.272 e. The Morgan fingerprint density at radius 3 is 2.58 bits per heavy atom. The zero-order chi connectivity index (χ0) is 22.1. The third kappa shape index (κ3) is 4.11. The van der Waals surface area contributed by atoms with Crippen molar-refractivity contribution in [2.45, 2.75) is 0 Å². The summed E-state index contributed by atoms with van der Waals surface area (Å²) in [6, 6.07) is 14.4. The fourth-order valence-electron chi connectivity index (χ4n) is 3.25. The van der Waals surface area contributed by atoms with E-state index in [1.807, 2.05) is 24.3 Å². The van der Waals surface area contributed by atoms with Gasteiger partial charge in [-0.1, -0.05) is 35.9 Å². The van der Waals surface area contributed by atoms with Crippen LogP contribution in [0.1, 0.15) is 20.8 Å². The van der Waals surface area contributed by atoms with Crippen LogP contribution in [0, 0.1) is 0 Å². The Morgan fingerprint density at radius 2 is 1.84 bits per heavy atom. The van der Waals surface area contributed by atoms with Crippen LogP contribution < -0.4 is 10.6 Å². The monoisotopic (exact) mass is 560 g/mol. The van der Waals surface area contributed by atoms with Crippen LogP contribution in [-0.4, -0.2) is 28.4 Å². The minimum atomic E-state index is -0.423. The van der Waals surface area contributed by atoms with E-state index >= 15 is 0 Å². The first kappa shape index (κ1) is 21.5. The number of carbonyl (C=O) groups is 2. The van der Waals surface area contributed by atoms with Gasteiger partial charge in [0, 0.05) is 28.4 Å². The Labute approximate surface area is 199 Å². The lowest BCUT2D eigenvalue weighted by Crippen LogP contribution is -2.23. The molecule has 0 saturated heterocycles. The van der Waals surface area contributed by atoms with Crippen LogP contribution in [0.5, 0.6) is 0 Å². The van der Waals surface area contributed by atoms with Gasteiger partial charge in [-0.15, -0.1) is 0 Å². The van der Waals surface area contributed by atoms with Crippen molar-refractivity contribution in [2.24, 2.45) is 0 Å². The van der Waals surface area contributed by atoms with E-state index in [1.54, 1.807) is 48.3 Å². The van der Waals surface area contributed by atoms with Gasteiger partial charge in [-0.05, 0) is 66.9 Å². The molecule has 0 saturated carbocycles. The number of aromatic nitrogens is 2. The van der Waals surface area contributed by atoms with E-state index in [9.17, 15) is 9.59 Å². The normalized spacial score (nSPS) is 10.8. The van der Waals surface area contributed by atoms with Crippen molar-refractivity contribution in [2.75, 3.05) is 12.4 Å². The molecule has 0 spiro atoms. The molecular weight excluding hydrogens is 548 g/mol. The van der Waals surface area contributed by atoms with Gasteiger partial charge in [0.05, 0.1) is 16.3 Å². The number of halogens is 3. The van der Waals surface area contributed by atoms with Crippen molar-refractivity contribution in [3.8, 4) is 5.82 Å². The second-order valence-corrected chi connectivity index (χ2v) is 8.71. The van der Waals surface area contributed by atoms with Crippen LogP contribution in [0.4, 0.5) is 5.69 Å². The number of amides is 2. The molecule has 31 heavy (non-hydrogen) atoms. The van der Waals surface area contributed by atoms with Crippen LogP contribution in [0.2, 0.25) is 5.02 Å². The molecule has 0 unspecified atom stereocenters. The second-order valence-electron chi connectivity index (χ2n) is 6.59. The summed E-state index contributed by atoms with van der Waals surface area (Å²) in [5, 5.41) is 7.65. The van der Waals surface area contributed by atoms with Gasteiger partial charge in [-0.3, -0.25) is 14.2 Å². The standard InChI is InChI=1S/C22H15Br2ClN4O2/c1-26-21(30)15-9-12-5-2-3-6-14(12)18(24)19(15)28-22(31)17-10-13(23)11-29(17)20-16(25)7-4-8-27-20/h2-11H,1H3,(H,26,30)(H,28,31). The maximum atomic E-state index is 13.3. The summed E-state index contributed by atoms with van der Waals surface area (Å²) in [5.74, 6) is -0.316. The number of fused-ring (bicyclic) bond motifs is 1. The topological polar surface area (TPSA) is 76.0 Å². The van der Waals surface area contributed by atoms with Gasteiger partial charge in [-0.2, -0.15) is 0 Å². The van der Waals surface area contributed by atoms with Gasteiger partial charge in [0.25, 0.3) is 11.8 Å². The summed E-state index contributed by atoms with van der Waals surface area (Å²) in [6.07, 6.45) is 3.30. The van der Waals surface area contributed by atoms with Crippen LogP contribution in [0.25, 0.3) is 16.6 Å². The third-order valence-corrected chi connectivity index (χ3v) is 6.23. The lowest BCUT2D eigenvalue weighted by atomic mass is 10.0. The number of hydrogen-bond acceptors (Lipinski definition) is 3. The average molecular weight is 563 g/mol. The van der Waals surface area contributed by atoms with Crippen molar-refractivity contribution < 1.29 is 9.59 Å². The molecule has 6 nitrogen and oxygen atoms in total. The lowest BCUT2D eigenvalue weighted by molar-refractivity contribution is 0.0964. The summed E-state index contributed by atoms with van der Waals surface area (Å²) >= 11 is 13.3. The van der Waals surface area contributed by atoms with Gasteiger partial charge < -0.3 is 10.6 Å². The molecule has 2 amide bonds. The van der Waals surface area contributed by atoms with Crippen LogP contribution >= 0.6 is 43.5 Å². The summed E-state index contributed by atoms with van der Waals surface area (Å²) in [6.45, 7) is 0. The molecular formula is C22H15Br2ClN4O2. The molecule has 2 heterocycles. The van der Waals surface area contributed by atoms with E-state index in [0.717, 1.165) is 10.8 Å². The smallest absolute Gasteiger partial charge is 0.272 e. The van der Waals surface area contributed by atoms with Crippen molar-refractivity contribution >= 4 is 71.7 Å². The molecule has 0 atom stereocenters.